The zero-order chi connectivity index (χ0) is 23.9. The van der Waals surface area contributed by atoms with Gasteiger partial charge in [-0.3, -0.25) is 19.8 Å². The van der Waals surface area contributed by atoms with E-state index in [0.29, 0.717) is 29.3 Å². The van der Waals surface area contributed by atoms with Gasteiger partial charge < -0.3 is 19.8 Å². The summed E-state index contributed by atoms with van der Waals surface area (Å²) in [6.07, 6.45) is -0.749. The number of aliphatic carboxylic acids is 1. The highest BCUT2D eigenvalue weighted by molar-refractivity contribution is 8.23. The summed E-state index contributed by atoms with van der Waals surface area (Å²) in [4.78, 5) is 49.5. The summed E-state index contributed by atoms with van der Waals surface area (Å²) in [6, 6.07) is 5.73. The van der Waals surface area contributed by atoms with Gasteiger partial charge in [0.2, 0.25) is 5.91 Å². The molecule has 2 amide bonds. The minimum Gasteiger partial charge on any atom is -0.477 e. The first kappa shape index (κ1) is 23.4. The second-order valence-electron chi connectivity index (χ2n) is 7.88. The van der Waals surface area contributed by atoms with Crippen molar-refractivity contribution in [1.82, 2.24) is 9.80 Å². The predicted molar refractivity (Wildman–Crippen MR) is 119 cm³/mol. The number of hydrogen-bond donors (Lipinski definition) is 2. The number of likely N-dealkylation sites (tertiary alicyclic amines) is 1. The van der Waals surface area contributed by atoms with Gasteiger partial charge in [-0.05, 0) is 31.0 Å². The zero-order valence-corrected chi connectivity index (χ0v) is 19.1. The molecular weight excluding hydrogens is 474 g/mol. The lowest BCUT2D eigenvalue weighted by molar-refractivity contribution is -0.384. The number of thioether (sulfide) groups is 2. The van der Waals surface area contributed by atoms with Crippen molar-refractivity contribution in [3.63, 3.8) is 0 Å². The molecular formula is C20H21N3O8S2. The van der Waals surface area contributed by atoms with Gasteiger partial charge in [0, 0.05) is 30.5 Å². The van der Waals surface area contributed by atoms with Crippen LogP contribution in [-0.4, -0.2) is 72.7 Å². The minimum atomic E-state index is -1.19. The number of carbonyl (C=O) groups excluding carboxylic acids is 2. The molecule has 3 heterocycles. The van der Waals surface area contributed by atoms with Gasteiger partial charge >= 0.3 is 12.1 Å². The Bertz CT molecular complexity index is 1030. The van der Waals surface area contributed by atoms with Crippen LogP contribution < -0.4 is 0 Å². The number of rotatable bonds is 7. The Morgan fingerprint density at radius 3 is 2.67 bits per heavy atom. The number of nitro groups is 1. The molecule has 0 radical (unpaired) electrons. The number of aliphatic hydroxyl groups is 1. The maximum atomic E-state index is 12.4. The lowest BCUT2D eigenvalue weighted by atomic mass is 9.92. The molecule has 1 aromatic carbocycles. The Morgan fingerprint density at radius 1 is 1.36 bits per heavy atom. The average molecular weight is 496 g/mol. The van der Waals surface area contributed by atoms with Gasteiger partial charge in [0.1, 0.15) is 12.0 Å². The molecule has 4 atom stereocenters. The van der Waals surface area contributed by atoms with E-state index in [2.05, 4.69) is 0 Å². The summed E-state index contributed by atoms with van der Waals surface area (Å²) in [5.74, 6) is -2.21. The van der Waals surface area contributed by atoms with Gasteiger partial charge in [-0.15, -0.1) is 11.8 Å². The number of fused-ring (bicyclic) bond motifs is 1. The van der Waals surface area contributed by atoms with Crippen molar-refractivity contribution in [1.29, 1.82) is 0 Å². The molecule has 13 heteroatoms. The maximum Gasteiger partial charge on any atom is 0.410 e. The summed E-state index contributed by atoms with van der Waals surface area (Å²) in [7, 11) is 0. The van der Waals surface area contributed by atoms with E-state index in [0.717, 1.165) is 0 Å². The van der Waals surface area contributed by atoms with Crippen molar-refractivity contribution in [3.8, 4) is 0 Å². The van der Waals surface area contributed by atoms with Crippen molar-refractivity contribution < 1.29 is 34.3 Å². The fourth-order valence-electron chi connectivity index (χ4n) is 3.92. The molecule has 33 heavy (non-hydrogen) atoms. The van der Waals surface area contributed by atoms with Gasteiger partial charge in [0.25, 0.3) is 5.69 Å². The van der Waals surface area contributed by atoms with Crippen LogP contribution in [0.25, 0.3) is 0 Å². The van der Waals surface area contributed by atoms with Crippen LogP contribution in [-0.2, 0) is 20.9 Å². The third kappa shape index (κ3) is 4.52. The van der Waals surface area contributed by atoms with Crippen LogP contribution in [0.15, 0.2) is 34.2 Å². The van der Waals surface area contributed by atoms with Gasteiger partial charge in [-0.1, -0.05) is 11.8 Å². The number of β-lactam (4-membered cyclic amide) rings is 1. The van der Waals surface area contributed by atoms with E-state index < -0.39 is 40.3 Å². The fourth-order valence-corrected chi connectivity index (χ4v) is 7.25. The smallest absolute Gasteiger partial charge is 0.410 e. The van der Waals surface area contributed by atoms with Crippen molar-refractivity contribution >= 4 is 47.2 Å². The molecule has 0 unspecified atom stereocenters. The van der Waals surface area contributed by atoms with Crippen LogP contribution in [0.4, 0.5) is 10.5 Å². The fraction of sp³-hybridized carbons (Fsp3) is 0.450. The molecule has 2 saturated heterocycles. The Labute approximate surface area is 196 Å². The first-order valence-electron chi connectivity index (χ1n) is 10.1. The summed E-state index contributed by atoms with van der Waals surface area (Å²) in [5.41, 5.74) is 0.520. The molecule has 2 N–H and O–H groups in total. The third-order valence-electron chi connectivity index (χ3n) is 5.65. The molecule has 11 nitrogen and oxygen atoms in total. The number of carboxylic acid groups (broad SMARTS) is 1. The van der Waals surface area contributed by atoms with E-state index in [1.807, 2.05) is 0 Å². The summed E-state index contributed by atoms with van der Waals surface area (Å²) < 4.78 is 5.81. The summed E-state index contributed by atoms with van der Waals surface area (Å²) in [6.45, 7) is 2.30. The standard InChI is InChI=1S/C20H21N3O8S2/c1-10(24)14-16(25)22-15(18(26)27)19(33-17(14)22)32-13-6-7-21(8-13)20(28)31-9-11-2-4-12(5-3-11)23(29)30/h2-5,10,13-14,17,24H,6-9H2,1H3,(H,26,27)/t10-,13-,14+,17+/m0/s1. The van der Waals surface area contributed by atoms with E-state index >= 15 is 0 Å². The predicted octanol–water partition coefficient (Wildman–Crippen LogP) is 2.20. The Balaban J connectivity index is 1.32. The maximum absolute atomic E-state index is 12.4. The molecule has 0 spiro atoms. The first-order valence-corrected chi connectivity index (χ1v) is 11.9. The third-order valence-corrected chi connectivity index (χ3v) is 8.51. The van der Waals surface area contributed by atoms with Crippen molar-refractivity contribution in [2.75, 3.05) is 13.1 Å². The lowest BCUT2D eigenvalue weighted by Gasteiger charge is -2.43. The van der Waals surface area contributed by atoms with Crippen LogP contribution in [0.3, 0.4) is 0 Å². The van der Waals surface area contributed by atoms with E-state index in [1.54, 1.807) is 0 Å². The molecule has 4 rings (SSSR count). The van der Waals surface area contributed by atoms with E-state index in [9.17, 15) is 34.7 Å². The van der Waals surface area contributed by atoms with Gasteiger partial charge in [-0.2, -0.15) is 0 Å². The zero-order valence-electron chi connectivity index (χ0n) is 17.4. The summed E-state index contributed by atoms with van der Waals surface area (Å²) in [5, 5.41) is 29.7. The SMILES string of the molecule is C[C@H](O)[C@@H]1C(=O)N2C(C(=O)O)=C(S[C@H]3CCN(C(=O)OCc4ccc([N+](=O)[O-])cc4)C3)S[C@H]12. The van der Waals surface area contributed by atoms with E-state index in [-0.39, 0.29) is 23.2 Å². The average Bonchev–Trinajstić information content (AvgIpc) is 3.35. The second kappa shape index (κ2) is 9.23. The van der Waals surface area contributed by atoms with Crippen LogP contribution in [0, 0.1) is 16.0 Å². The Kier molecular flexibility index (Phi) is 6.54. The minimum absolute atomic E-state index is 0.0191. The molecule has 3 aliphatic heterocycles. The van der Waals surface area contributed by atoms with Gasteiger partial charge in [0.15, 0.2) is 5.70 Å². The van der Waals surface area contributed by atoms with Crippen molar-refractivity contribution in [3.05, 3.63) is 49.9 Å². The van der Waals surface area contributed by atoms with Crippen LogP contribution in [0.1, 0.15) is 18.9 Å². The molecule has 0 aromatic heterocycles. The van der Waals surface area contributed by atoms with Crippen molar-refractivity contribution in [2.24, 2.45) is 5.92 Å². The topological polar surface area (TPSA) is 151 Å². The highest BCUT2D eigenvalue weighted by Crippen LogP contribution is 2.55. The number of carbonyl (C=O) groups is 3. The van der Waals surface area contributed by atoms with Gasteiger partial charge in [0.05, 0.1) is 21.2 Å². The normalized spacial score (nSPS) is 25.0. The molecule has 1 aromatic rings. The number of amides is 2. The quantitative estimate of drug-likeness (QED) is 0.327. The summed E-state index contributed by atoms with van der Waals surface area (Å²) >= 11 is 2.60. The highest BCUT2D eigenvalue weighted by Gasteiger charge is 2.58. The van der Waals surface area contributed by atoms with E-state index in [1.165, 1.54) is 64.5 Å². The largest absolute Gasteiger partial charge is 0.477 e. The van der Waals surface area contributed by atoms with Crippen molar-refractivity contribution in [2.45, 2.75) is 36.7 Å². The van der Waals surface area contributed by atoms with Crippen LogP contribution in [0.2, 0.25) is 0 Å². The number of carboxylic acids is 1. The second-order valence-corrected chi connectivity index (χ2v) is 10.6. The number of nitrogens with zero attached hydrogens (tertiary/aromatic N) is 3. The molecule has 0 saturated carbocycles. The number of ether oxygens (including phenoxy) is 1. The molecule has 176 valence electrons. The number of hydrogen-bond acceptors (Lipinski definition) is 9. The number of nitro benzene ring substituents is 1. The molecule has 2 fully saturated rings. The van der Waals surface area contributed by atoms with Crippen LogP contribution >= 0.6 is 23.5 Å². The molecule has 3 aliphatic rings. The Hall–Kier alpha value is -2.77. The van der Waals surface area contributed by atoms with E-state index in [4.69, 9.17) is 4.74 Å². The molecule has 0 aliphatic carbocycles. The number of aliphatic hydroxyl groups excluding tert-OH is 1. The Morgan fingerprint density at radius 2 is 2.06 bits per heavy atom. The molecule has 0 bridgehead atoms. The first-order chi connectivity index (χ1) is 15.7. The van der Waals surface area contributed by atoms with Gasteiger partial charge in [-0.25, -0.2) is 9.59 Å². The number of non-ortho nitro benzene ring substituents is 1. The lowest BCUT2D eigenvalue weighted by Crippen LogP contribution is -2.60. The monoisotopic (exact) mass is 495 g/mol. The number of benzene rings is 1. The van der Waals surface area contributed by atoms with Crippen LogP contribution in [0.5, 0.6) is 0 Å². The highest BCUT2D eigenvalue weighted by atomic mass is 32.2.